The van der Waals surface area contributed by atoms with Crippen molar-refractivity contribution < 1.29 is 9.53 Å². The molecule has 1 spiro atoms. The second-order valence-corrected chi connectivity index (χ2v) is 7.17. The van der Waals surface area contributed by atoms with Crippen LogP contribution in [0.4, 0.5) is 0 Å². The zero-order valence-electron chi connectivity index (χ0n) is 13.9. The van der Waals surface area contributed by atoms with E-state index in [1.165, 1.54) is 5.56 Å². The molecule has 2 atom stereocenters. The quantitative estimate of drug-likeness (QED) is 0.828. The van der Waals surface area contributed by atoms with Crippen LogP contribution in [0.3, 0.4) is 0 Å². The molecule has 0 saturated carbocycles. The summed E-state index contributed by atoms with van der Waals surface area (Å²) in [6, 6.07) is 7.95. The molecule has 0 bridgehead atoms. The Labute approximate surface area is 143 Å². The van der Waals surface area contributed by atoms with Crippen molar-refractivity contribution in [2.45, 2.75) is 44.4 Å². The highest BCUT2D eigenvalue weighted by atomic mass is 35.5. The number of hydrogen-bond acceptors (Lipinski definition) is 3. The zero-order chi connectivity index (χ0) is 16.4. The minimum atomic E-state index is -0.299. The van der Waals surface area contributed by atoms with Gasteiger partial charge in [0.15, 0.2) is 0 Å². The van der Waals surface area contributed by atoms with Gasteiger partial charge in [-0.3, -0.25) is 9.69 Å². The Morgan fingerprint density at radius 3 is 2.70 bits per heavy atom. The van der Waals surface area contributed by atoms with Crippen molar-refractivity contribution in [3.05, 3.63) is 34.9 Å². The van der Waals surface area contributed by atoms with Crippen molar-refractivity contribution in [1.29, 1.82) is 0 Å². The SMILES string of the molecule is COC(C)CN1CCC2(CCCN2Cc2ccc(Cl)cc2)C1=O. The molecule has 1 aromatic carbocycles. The smallest absolute Gasteiger partial charge is 0.243 e. The lowest BCUT2D eigenvalue weighted by atomic mass is 9.94. The summed E-state index contributed by atoms with van der Waals surface area (Å²) in [5.41, 5.74) is 0.916. The summed E-state index contributed by atoms with van der Waals surface area (Å²) in [7, 11) is 1.70. The molecular weight excluding hydrogens is 312 g/mol. The van der Waals surface area contributed by atoms with Gasteiger partial charge in [0.05, 0.1) is 6.10 Å². The number of rotatable bonds is 5. The number of nitrogens with zero attached hydrogens (tertiary/aromatic N) is 2. The largest absolute Gasteiger partial charge is 0.380 e. The van der Waals surface area contributed by atoms with E-state index in [2.05, 4.69) is 17.0 Å². The first-order valence-corrected chi connectivity index (χ1v) is 8.74. The van der Waals surface area contributed by atoms with Crippen LogP contribution in [0.2, 0.25) is 5.02 Å². The second kappa shape index (κ2) is 6.80. The summed E-state index contributed by atoms with van der Waals surface area (Å²) in [5, 5.41) is 0.751. The van der Waals surface area contributed by atoms with Crippen LogP contribution in [0.5, 0.6) is 0 Å². The molecule has 2 aliphatic heterocycles. The maximum Gasteiger partial charge on any atom is 0.243 e. The van der Waals surface area contributed by atoms with Crippen LogP contribution in [-0.4, -0.2) is 54.1 Å². The molecule has 0 radical (unpaired) electrons. The summed E-state index contributed by atoms with van der Waals surface area (Å²) in [4.78, 5) is 17.4. The fourth-order valence-electron chi connectivity index (χ4n) is 3.88. The van der Waals surface area contributed by atoms with E-state index >= 15 is 0 Å². The minimum Gasteiger partial charge on any atom is -0.380 e. The van der Waals surface area contributed by atoms with Gasteiger partial charge in [-0.1, -0.05) is 23.7 Å². The number of benzene rings is 1. The van der Waals surface area contributed by atoms with Crippen molar-refractivity contribution in [2.24, 2.45) is 0 Å². The molecule has 0 aromatic heterocycles. The van der Waals surface area contributed by atoms with E-state index in [0.717, 1.165) is 43.9 Å². The predicted octanol–water partition coefficient (Wildman–Crippen LogP) is 2.94. The summed E-state index contributed by atoms with van der Waals surface area (Å²) in [5.74, 6) is 0.285. The molecule has 3 rings (SSSR count). The second-order valence-electron chi connectivity index (χ2n) is 6.73. The van der Waals surface area contributed by atoms with Gasteiger partial charge in [0.25, 0.3) is 0 Å². The zero-order valence-corrected chi connectivity index (χ0v) is 14.7. The van der Waals surface area contributed by atoms with Gasteiger partial charge >= 0.3 is 0 Å². The molecule has 2 saturated heterocycles. The first-order valence-electron chi connectivity index (χ1n) is 8.37. The van der Waals surface area contributed by atoms with E-state index in [1.54, 1.807) is 7.11 Å². The number of likely N-dealkylation sites (tertiary alicyclic amines) is 2. The average molecular weight is 337 g/mol. The highest BCUT2D eigenvalue weighted by Gasteiger charge is 2.52. The van der Waals surface area contributed by atoms with Crippen molar-refractivity contribution >= 4 is 17.5 Å². The van der Waals surface area contributed by atoms with E-state index < -0.39 is 0 Å². The number of carbonyl (C=O) groups is 1. The maximum absolute atomic E-state index is 13.0. The van der Waals surface area contributed by atoms with Crippen LogP contribution in [-0.2, 0) is 16.1 Å². The molecule has 1 aromatic rings. The fraction of sp³-hybridized carbons (Fsp3) is 0.611. The molecule has 2 heterocycles. The van der Waals surface area contributed by atoms with Crippen molar-refractivity contribution in [2.75, 3.05) is 26.7 Å². The van der Waals surface area contributed by atoms with Gasteiger partial charge in [-0.2, -0.15) is 0 Å². The van der Waals surface area contributed by atoms with Crippen LogP contribution in [0.1, 0.15) is 31.7 Å². The molecule has 2 unspecified atom stereocenters. The highest BCUT2D eigenvalue weighted by Crippen LogP contribution is 2.39. The summed E-state index contributed by atoms with van der Waals surface area (Å²) >= 11 is 5.97. The van der Waals surface area contributed by atoms with E-state index in [0.29, 0.717) is 6.54 Å². The van der Waals surface area contributed by atoms with E-state index in [1.807, 2.05) is 24.0 Å². The minimum absolute atomic E-state index is 0.0835. The number of amides is 1. The molecule has 23 heavy (non-hydrogen) atoms. The first-order chi connectivity index (χ1) is 11.0. The summed E-state index contributed by atoms with van der Waals surface area (Å²) in [6.45, 7) is 5.34. The third kappa shape index (κ3) is 3.25. The van der Waals surface area contributed by atoms with Crippen LogP contribution in [0.25, 0.3) is 0 Å². The van der Waals surface area contributed by atoms with Crippen LogP contribution in [0, 0.1) is 0 Å². The first kappa shape index (κ1) is 16.7. The lowest BCUT2D eigenvalue weighted by molar-refractivity contribution is -0.138. The van der Waals surface area contributed by atoms with Crippen LogP contribution < -0.4 is 0 Å². The topological polar surface area (TPSA) is 32.8 Å². The normalized spacial score (nSPS) is 26.4. The predicted molar refractivity (Wildman–Crippen MR) is 91.5 cm³/mol. The van der Waals surface area contributed by atoms with Crippen molar-refractivity contribution in [1.82, 2.24) is 9.80 Å². The Balaban J connectivity index is 1.73. The monoisotopic (exact) mass is 336 g/mol. The molecule has 1 amide bonds. The molecule has 0 aliphatic carbocycles. The molecule has 2 aliphatic rings. The maximum atomic E-state index is 13.0. The van der Waals surface area contributed by atoms with Crippen molar-refractivity contribution in [3.8, 4) is 0 Å². The molecule has 126 valence electrons. The molecular formula is C18H25ClN2O2. The lowest BCUT2D eigenvalue weighted by Gasteiger charge is -2.34. The third-order valence-electron chi connectivity index (χ3n) is 5.27. The number of hydrogen-bond donors (Lipinski definition) is 0. The van der Waals surface area contributed by atoms with E-state index in [4.69, 9.17) is 16.3 Å². The number of methoxy groups -OCH3 is 1. The number of halogens is 1. The molecule has 2 fully saturated rings. The van der Waals surface area contributed by atoms with Gasteiger partial charge in [-0.15, -0.1) is 0 Å². The molecule has 5 heteroatoms. The molecule has 0 N–H and O–H groups in total. The Morgan fingerprint density at radius 2 is 2.00 bits per heavy atom. The summed E-state index contributed by atoms with van der Waals surface area (Å²) in [6.07, 6.45) is 3.07. The molecule has 4 nitrogen and oxygen atoms in total. The fourth-order valence-corrected chi connectivity index (χ4v) is 4.01. The number of ether oxygens (including phenoxy) is 1. The third-order valence-corrected chi connectivity index (χ3v) is 5.52. The summed E-state index contributed by atoms with van der Waals surface area (Å²) < 4.78 is 5.33. The Hall–Kier alpha value is -1.10. The van der Waals surface area contributed by atoms with E-state index in [9.17, 15) is 4.79 Å². The standard InChI is InChI=1S/C18H25ClN2O2/c1-14(23-2)12-20-11-9-18(17(20)22)8-3-10-21(18)13-15-4-6-16(19)7-5-15/h4-7,14H,3,8-13H2,1-2H3. The van der Waals surface area contributed by atoms with Gasteiger partial charge in [0.1, 0.15) is 5.54 Å². The Morgan fingerprint density at radius 1 is 1.26 bits per heavy atom. The van der Waals surface area contributed by atoms with Gasteiger partial charge in [0, 0.05) is 31.8 Å². The average Bonchev–Trinajstić information content (AvgIpc) is 3.09. The van der Waals surface area contributed by atoms with E-state index in [-0.39, 0.29) is 17.6 Å². The van der Waals surface area contributed by atoms with Gasteiger partial charge in [-0.05, 0) is 50.4 Å². The van der Waals surface area contributed by atoms with Crippen LogP contribution >= 0.6 is 11.6 Å². The van der Waals surface area contributed by atoms with Crippen LogP contribution in [0.15, 0.2) is 24.3 Å². The Kier molecular flexibility index (Phi) is 4.95. The van der Waals surface area contributed by atoms with Crippen molar-refractivity contribution in [3.63, 3.8) is 0 Å². The lowest BCUT2D eigenvalue weighted by Crippen LogP contribution is -2.50. The van der Waals surface area contributed by atoms with Gasteiger partial charge in [0.2, 0.25) is 5.91 Å². The highest BCUT2D eigenvalue weighted by molar-refractivity contribution is 6.30. The van der Waals surface area contributed by atoms with Gasteiger partial charge in [-0.25, -0.2) is 0 Å². The Bertz CT molecular complexity index is 563. The van der Waals surface area contributed by atoms with Gasteiger partial charge < -0.3 is 9.64 Å². The number of carbonyl (C=O) groups excluding carboxylic acids is 1.